The molecule has 3 aromatic rings. The molecule has 5 heteroatoms. The number of esters is 1. The van der Waals surface area contributed by atoms with Crippen LogP contribution in [0.25, 0.3) is 0 Å². The monoisotopic (exact) mass is 496 g/mol. The number of carbonyl (C=O) groups excluding carboxylic acids is 2. The molecule has 0 aromatic heterocycles. The van der Waals surface area contributed by atoms with Gasteiger partial charge >= 0.3 is 5.97 Å². The van der Waals surface area contributed by atoms with Gasteiger partial charge in [0.15, 0.2) is 0 Å². The maximum absolute atomic E-state index is 14.3. The summed E-state index contributed by atoms with van der Waals surface area (Å²) in [5.74, 6) is -0.825. The minimum absolute atomic E-state index is 0.0353. The lowest BCUT2D eigenvalue weighted by atomic mass is 9.90. The Balaban J connectivity index is 1.43. The van der Waals surface area contributed by atoms with E-state index in [9.17, 15) is 9.59 Å². The number of methoxy groups -OCH3 is 1. The van der Waals surface area contributed by atoms with E-state index >= 15 is 0 Å². The van der Waals surface area contributed by atoms with Crippen LogP contribution in [-0.4, -0.2) is 60.0 Å². The van der Waals surface area contributed by atoms with Crippen molar-refractivity contribution >= 4 is 11.9 Å². The highest BCUT2D eigenvalue weighted by molar-refractivity contribution is 5.91. The average Bonchev–Trinajstić information content (AvgIpc) is 3.40. The van der Waals surface area contributed by atoms with Crippen molar-refractivity contribution in [3.05, 3.63) is 108 Å². The Morgan fingerprint density at radius 3 is 2.05 bits per heavy atom. The average molecular weight is 497 g/mol. The molecule has 37 heavy (non-hydrogen) atoms. The van der Waals surface area contributed by atoms with E-state index < -0.39 is 12.0 Å². The highest BCUT2D eigenvalue weighted by Gasteiger charge is 2.46. The molecule has 2 fully saturated rings. The minimum Gasteiger partial charge on any atom is -0.467 e. The van der Waals surface area contributed by atoms with Crippen molar-refractivity contribution < 1.29 is 14.3 Å². The number of carbonyl (C=O) groups is 2. The van der Waals surface area contributed by atoms with Crippen molar-refractivity contribution in [2.45, 2.75) is 56.1 Å². The quantitative estimate of drug-likeness (QED) is 0.429. The number of rotatable bonds is 7. The van der Waals surface area contributed by atoms with Crippen molar-refractivity contribution in [2.75, 3.05) is 20.2 Å². The molecule has 5 rings (SSSR count). The second-order valence-corrected chi connectivity index (χ2v) is 10.3. The predicted octanol–water partition coefficient (Wildman–Crippen LogP) is 5.06. The molecule has 0 bridgehead atoms. The molecule has 0 N–H and O–H groups in total. The third-order valence-electron chi connectivity index (χ3n) is 8.00. The van der Waals surface area contributed by atoms with E-state index in [2.05, 4.69) is 35.2 Å². The lowest BCUT2D eigenvalue weighted by Crippen LogP contribution is -2.49. The molecule has 1 unspecified atom stereocenters. The van der Waals surface area contributed by atoms with Crippen LogP contribution >= 0.6 is 0 Å². The summed E-state index contributed by atoms with van der Waals surface area (Å²) in [6, 6.07) is 30.4. The highest BCUT2D eigenvalue weighted by atomic mass is 16.5. The summed E-state index contributed by atoms with van der Waals surface area (Å²) in [6.45, 7) is 1.54. The van der Waals surface area contributed by atoms with E-state index in [1.807, 2.05) is 60.7 Å². The molecule has 2 aliphatic rings. The van der Waals surface area contributed by atoms with E-state index in [1.54, 1.807) is 4.90 Å². The summed E-state index contributed by atoms with van der Waals surface area (Å²) >= 11 is 0. The summed E-state index contributed by atoms with van der Waals surface area (Å²) in [6.07, 6.45) is 5.10. The Morgan fingerprint density at radius 2 is 1.46 bits per heavy atom. The van der Waals surface area contributed by atoms with Gasteiger partial charge in [-0.1, -0.05) is 97.4 Å². The van der Waals surface area contributed by atoms with E-state index in [1.165, 1.54) is 19.1 Å². The van der Waals surface area contributed by atoms with E-state index in [4.69, 9.17) is 4.74 Å². The van der Waals surface area contributed by atoms with Crippen LogP contribution in [0.15, 0.2) is 91.0 Å². The van der Waals surface area contributed by atoms with Gasteiger partial charge in [-0.2, -0.15) is 0 Å². The van der Waals surface area contributed by atoms with Crippen LogP contribution in [0.1, 0.15) is 48.3 Å². The van der Waals surface area contributed by atoms with Gasteiger partial charge in [0.05, 0.1) is 13.0 Å². The fourth-order valence-corrected chi connectivity index (χ4v) is 6.20. The van der Waals surface area contributed by atoms with Gasteiger partial charge in [0, 0.05) is 18.6 Å². The van der Waals surface area contributed by atoms with E-state index in [-0.39, 0.29) is 17.9 Å². The summed E-state index contributed by atoms with van der Waals surface area (Å²) in [5, 5.41) is 0. The van der Waals surface area contributed by atoms with Gasteiger partial charge in [0.2, 0.25) is 5.91 Å². The number of likely N-dealkylation sites (tertiary alicyclic amines) is 2. The molecule has 0 aliphatic carbocycles. The number of hydrogen-bond acceptors (Lipinski definition) is 4. The van der Waals surface area contributed by atoms with Crippen LogP contribution in [-0.2, 0) is 20.7 Å². The van der Waals surface area contributed by atoms with Crippen LogP contribution in [0, 0.1) is 0 Å². The van der Waals surface area contributed by atoms with Crippen molar-refractivity contribution in [1.82, 2.24) is 9.80 Å². The normalized spacial score (nSPS) is 22.2. The Labute approximate surface area is 220 Å². The van der Waals surface area contributed by atoms with Crippen molar-refractivity contribution in [3.8, 4) is 0 Å². The number of amides is 1. The molecule has 3 atom stereocenters. The predicted molar refractivity (Wildman–Crippen MR) is 145 cm³/mol. The minimum atomic E-state index is -0.572. The highest BCUT2D eigenvalue weighted by Crippen LogP contribution is 2.34. The van der Waals surface area contributed by atoms with Gasteiger partial charge in [0.25, 0.3) is 0 Å². The second kappa shape index (κ2) is 11.7. The van der Waals surface area contributed by atoms with Crippen LogP contribution < -0.4 is 0 Å². The zero-order valence-corrected chi connectivity index (χ0v) is 21.5. The summed E-state index contributed by atoms with van der Waals surface area (Å²) in [7, 11) is 1.42. The Morgan fingerprint density at radius 1 is 0.865 bits per heavy atom. The first-order valence-electron chi connectivity index (χ1n) is 13.4. The molecule has 2 aliphatic heterocycles. The summed E-state index contributed by atoms with van der Waals surface area (Å²) in [4.78, 5) is 31.6. The van der Waals surface area contributed by atoms with Gasteiger partial charge in [-0.25, -0.2) is 4.79 Å². The van der Waals surface area contributed by atoms with Gasteiger partial charge < -0.3 is 9.64 Å². The largest absolute Gasteiger partial charge is 0.467 e. The van der Waals surface area contributed by atoms with Crippen molar-refractivity contribution in [2.24, 2.45) is 0 Å². The van der Waals surface area contributed by atoms with Gasteiger partial charge in [0.1, 0.15) is 6.04 Å². The van der Waals surface area contributed by atoms with Crippen molar-refractivity contribution in [3.63, 3.8) is 0 Å². The van der Waals surface area contributed by atoms with E-state index in [0.29, 0.717) is 19.0 Å². The molecule has 192 valence electrons. The Kier molecular flexibility index (Phi) is 8.00. The molecule has 3 aromatic carbocycles. The van der Waals surface area contributed by atoms with Crippen molar-refractivity contribution in [1.29, 1.82) is 0 Å². The Hall–Kier alpha value is -3.44. The molecular weight excluding hydrogens is 460 g/mol. The van der Waals surface area contributed by atoms with Gasteiger partial charge in [-0.3, -0.25) is 9.69 Å². The first-order valence-corrected chi connectivity index (χ1v) is 13.4. The SMILES string of the molecule is COC(=O)[C@@H]1C[C@H](N2CCCCC2Cc2ccccc2)CN1C(=O)C(c1ccccc1)c1ccccc1. The molecular formula is C32H36N2O3. The van der Waals surface area contributed by atoms with Crippen LogP contribution in [0.5, 0.6) is 0 Å². The Bertz CT molecular complexity index is 1130. The number of piperidine rings is 1. The molecule has 1 amide bonds. The maximum atomic E-state index is 14.3. The molecule has 0 saturated carbocycles. The van der Waals surface area contributed by atoms with Gasteiger partial charge in [-0.15, -0.1) is 0 Å². The standard InChI is InChI=1S/C32H36N2O3/c1-37-32(36)29-22-28(33-20-12-11-19-27(33)21-24-13-5-2-6-14-24)23-34(29)31(35)30(25-15-7-3-8-16-25)26-17-9-4-10-18-26/h2-10,13-18,27-30H,11-12,19-23H2,1H3/t27?,28-,29-/m0/s1. The topological polar surface area (TPSA) is 49.9 Å². The maximum Gasteiger partial charge on any atom is 0.328 e. The number of hydrogen-bond donors (Lipinski definition) is 0. The third kappa shape index (κ3) is 5.62. The number of benzene rings is 3. The van der Waals surface area contributed by atoms with Crippen LogP contribution in [0.2, 0.25) is 0 Å². The smallest absolute Gasteiger partial charge is 0.328 e. The van der Waals surface area contributed by atoms with Crippen LogP contribution in [0.4, 0.5) is 0 Å². The summed E-state index contributed by atoms with van der Waals surface area (Å²) < 4.78 is 5.21. The second-order valence-electron chi connectivity index (χ2n) is 10.3. The third-order valence-corrected chi connectivity index (χ3v) is 8.00. The fourth-order valence-electron chi connectivity index (χ4n) is 6.20. The molecule has 0 spiro atoms. The first kappa shape index (κ1) is 25.2. The first-order chi connectivity index (χ1) is 18.2. The van der Waals surface area contributed by atoms with E-state index in [0.717, 1.165) is 36.9 Å². The lowest BCUT2D eigenvalue weighted by molar-refractivity contribution is -0.151. The fraction of sp³-hybridized carbons (Fsp3) is 0.375. The lowest BCUT2D eigenvalue weighted by Gasteiger charge is -2.40. The molecule has 2 saturated heterocycles. The molecule has 0 radical (unpaired) electrons. The number of nitrogens with zero attached hydrogens (tertiary/aromatic N) is 2. The van der Waals surface area contributed by atoms with Gasteiger partial charge in [-0.05, 0) is 48.9 Å². The number of ether oxygens (including phenoxy) is 1. The summed E-state index contributed by atoms with van der Waals surface area (Å²) in [5.41, 5.74) is 3.21. The molecule has 2 heterocycles. The molecule has 5 nitrogen and oxygen atoms in total. The zero-order valence-electron chi connectivity index (χ0n) is 21.5. The zero-order chi connectivity index (χ0) is 25.6. The van der Waals surface area contributed by atoms with Crippen LogP contribution in [0.3, 0.4) is 0 Å².